The minimum Gasteiger partial charge on any atom is -0.393 e. The van der Waals surface area contributed by atoms with Gasteiger partial charge < -0.3 is 9.84 Å². The number of aliphatic hydroxyl groups excluding tert-OH is 1. The second-order valence-electron chi connectivity index (χ2n) is 5.66. The van der Waals surface area contributed by atoms with Gasteiger partial charge in [0.2, 0.25) is 0 Å². The molecule has 2 nitrogen and oxygen atoms in total. The van der Waals surface area contributed by atoms with Crippen LogP contribution in [0.3, 0.4) is 0 Å². The van der Waals surface area contributed by atoms with E-state index in [2.05, 4.69) is 31.2 Å². The molecule has 1 aromatic rings. The van der Waals surface area contributed by atoms with Crippen molar-refractivity contribution in [2.24, 2.45) is 0 Å². The number of aliphatic hydroxyl groups is 1. The molecule has 1 heterocycles. The Balaban J connectivity index is 1.70. The van der Waals surface area contributed by atoms with Crippen molar-refractivity contribution >= 4 is 0 Å². The Kier molecular flexibility index (Phi) is 5.41. The molecule has 1 aliphatic rings. The first-order chi connectivity index (χ1) is 9.30. The summed E-state index contributed by atoms with van der Waals surface area (Å²) in [4.78, 5) is 0. The van der Waals surface area contributed by atoms with E-state index in [4.69, 9.17) is 4.74 Å². The van der Waals surface area contributed by atoms with Crippen molar-refractivity contribution in [1.82, 2.24) is 0 Å². The third-order valence-electron chi connectivity index (χ3n) is 4.05. The third kappa shape index (κ3) is 4.05. The van der Waals surface area contributed by atoms with E-state index in [0.29, 0.717) is 6.61 Å². The van der Waals surface area contributed by atoms with Crippen molar-refractivity contribution in [3.05, 3.63) is 35.4 Å². The fourth-order valence-electron chi connectivity index (χ4n) is 2.52. The summed E-state index contributed by atoms with van der Waals surface area (Å²) in [5, 5.41) is 9.30. The molecular formula is C17H26O2. The molecule has 0 bridgehead atoms. The van der Waals surface area contributed by atoms with Crippen LogP contribution in [0.2, 0.25) is 0 Å². The zero-order chi connectivity index (χ0) is 13.6. The molecule has 1 N–H and O–H groups in total. The fraction of sp³-hybridized carbons (Fsp3) is 0.647. The number of ether oxygens (including phenoxy) is 1. The third-order valence-corrected chi connectivity index (χ3v) is 4.05. The molecule has 0 aromatic heterocycles. The van der Waals surface area contributed by atoms with Crippen LogP contribution in [0.25, 0.3) is 0 Å². The van der Waals surface area contributed by atoms with Crippen LogP contribution in [-0.4, -0.2) is 18.3 Å². The highest BCUT2D eigenvalue weighted by Gasteiger charge is 2.45. The standard InChI is InChI=1S/C17H26O2/c1-2-3-4-5-6-7-8-15-9-11-16(12-10-15)17(13-18)14-19-17/h9-12,18H,2-8,13-14H2,1H3/t17-/m1/s1. The maximum Gasteiger partial charge on any atom is 0.139 e. The van der Waals surface area contributed by atoms with Crippen LogP contribution in [0, 0.1) is 0 Å². The van der Waals surface area contributed by atoms with Crippen molar-refractivity contribution in [3.63, 3.8) is 0 Å². The van der Waals surface area contributed by atoms with Crippen molar-refractivity contribution in [2.75, 3.05) is 13.2 Å². The van der Waals surface area contributed by atoms with Gasteiger partial charge in [0.05, 0.1) is 13.2 Å². The molecule has 1 aromatic carbocycles. The van der Waals surface area contributed by atoms with Gasteiger partial charge in [-0.1, -0.05) is 63.3 Å². The SMILES string of the molecule is CCCCCCCCc1ccc([C@@]2(CO)CO2)cc1. The summed E-state index contributed by atoms with van der Waals surface area (Å²) in [5.74, 6) is 0. The molecule has 19 heavy (non-hydrogen) atoms. The lowest BCUT2D eigenvalue weighted by Gasteiger charge is -2.09. The van der Waals surface area contributed by atoms with Crippen LogP contribution < -0.4 is 0 Å². The van der Waals surface area contributed by atoms with Crippen LogP contribution in [0.1, 0.15) is 56.6 Å². The first kappa shape index (κ1) is 14.5. The van der Waals surface area contributed by atoms with Gasteiger partial charge in [-0.15, -0.1) is 0 Å². The Hall–Kier alpha value is -0.860. The lowest BCUT2D eigenvalue weighted by molar-refractivity contribution is 0.172. The van der Waals surface area contributed by atoms with Crippen molar-refractivity contribution in [2.45, 2.75) is 57.5 Å². The molecule has 0 amide bonds. The Morgan fingerprint density at radius 1 is 1.05 bits per heavy atom. The molecule has 0 spiro atoms. The highest BCUT2D eigenvalue weighted by Crippen LogP contribution is 2.38. The molecule has 0 aliphatic carbocycles. The number of unbranched alkanes of at least 4 members (excludes halogenated alkanes) is 5. The van der Waals surface area contributed by atoms with E-state index in [9.17, 15) is 5.11 Å². The van der Waals surface area contributed by atoms with E-state index in [1.54, 1.807) is 0 Å². The van der Waals surface area contributed by atoms with Gasteiger partial charge in [0.15, 0.2) is 0 Å². The van der Waals surface area contributed by atoms with E-state index in [0.717, 1.165) is 5.56 Å². The highest BCUT2D eigenvalue weighted by atomic mass is 16.6. The molecule has 1 atom stereocenters. The smallest absolute Gasteiger partial charge is 0.139 e. The van der Waals surface area contributed by atoms with E-state index in [-0.39, 0.29) is 12.2 Å². The van der Waals surface area contributed by atoms with E-state index in [1.165, 1.54) is 50.5 Å². The van der Waals surface area contributed by atoms with Crippen LogP contribution in [-0.2, 0) is 16.8 Å². The van der Waals surface area contributed by atoms with Gasteiger partial charge in [0.25, 0.3) is 0 Å². The highest BCUT2D eigenvalue weighted by molar-refractivity contribution is 5.30. The zero-order valence-corrected chi connectivity index (χ0v) is 12.0. The zero-order valence-electron chi connectivity index (χ0n) is 12.0. The van der Waals surface area contributed by atoms with Gasteiger partial charge in [0.1, 0.15) is 5.60 Å². The molecule has 2 heteroatoms. The average molecular weight is 262 g/mol. The fourth-order valence-corrected chi connectivity index (χ4v) is 2.52. The predicted octanol–water partition coefficient (Wildman–Crippen LogP) is 3.81. The summed E-state index contributed by atoms with van der Waals surface area (Å²) in [6, 6.07) is 8.58. The first-order valence-corrected chi connectivity index (χ1v) is 7.65. The first-order valence-electron chi connectivity index (χ1n) is 7.65. The molecule has 1 fully saturated rings. The Morgan fingerprint density at radius 3 is 2.26 bits per heavy atom. The van der Waals surface area contributed by atoms with Gasteiger partial charge >= 0.3 is 0 Å². The number of rotatable bonds is 9. The summed E-state index contributed by atoms with van der Waals surface area (Å²) in [7, 11) is 0. The summed E-state index contributed by atoms with van der Waals surface area (Å²) in [6.07, 6.45) is 9.22. The number of hydrogen-bond donors (Lipinski definition) is 1. The molecule has 106 valence electrons. The van der Waals surface area contributed by atoms with Gasteiger partial charge in [0, 0.05) is 0 Å². The second-order valence-corrected chi connectivity index (χ2v) is 5.66. The van der Waals surface area contributed by atoms with Crippen molar-refractivity contribution < 1.29 is 9.84 Å². The largest absolute Gasteiger partial charge is 0.393 e. The topological polar surface area (TPSA) is 32.8 Å². The number of hydrogen-bond acceptors (Lipinski definition) is 2. The maximum absolute atomic E-state index is 9.30. The normalized spacial score (nSPS) is 21.6. The molecule has 0 unspecified atom stereocenters. The lowest BCUT2D eigenvalue weighted by atomic mass is 9.98. The van der Waals surface area contributed by atoms with Crippen LogP contribution >= 0.6 is 0 Å². The van der Waals surface area contributed by atoms with Gasteiger partial charge in [-0.25, -0.2) is 0 Å². The average Bonchev–Trinajstić information content (AvgIpc) is 3.24. The monoisotopic (exact) mass is 262 g/mol. The van der Waals surface area contributed by atoms with Gasteiger partial charge in [-0.2, -0.15) is 0 Å². The van der Waals surface area contributed by atoms with Crippen molar-refractivity contribution in [3.8, 4) is 0 Å². The number of aryl methyl sites for hydroxylation is 1. The minimum absolute atomic E-state index is 0.0871. The van der Waals surface area contributed by atoms with E-state index in [1.807, 2.05) is 0 Å². The van der Waals surface area contributed by atoms with Crippen molar-refractivity contribution in [1.29, 1.82) is 0 Å². The summed E-state index contributed by atoms with van der Waals surface area (Å²) >= 11 is 0. The van der Waals surface area contributed by atoms with Gasteiger partial charge in [-0.3, -0.25) is 0 Å². The summed E-state index contributed by atoms with van der Waals surface area (Å²) in [5.41, 5.74) is 2.13. The predicted molar refractivity (Wildman–Crippen MR) is 78.2 cm³/mol. The molecule has 1 aliphatic heterocycles. The Labute approximate surface area is 116 Å². The molecule has 2 rings (SSSR count). The summed E-state index contributed by atoms with van der Waals surface area (Å²) < 4.78 is 5.36. The Bertz CT molecular complexity index is 365. The van der Waals surface area contributed by atoms with E-state index < -0.39 is 0 Å². The van der Waals surface area contributed by atoms with Gasteiger partial charge in [-0.05, 0) is 24.0 Å². The molecule has 1 saturated heterocycles. The van der Waals surface area contributed by atoms with Crippen LogP contribution in [0.5, 0.6) is 0 Å². The second kappa shape index (κ2) is 7.06. The molecule has 0 saturated carbocycles. The quantitative estimate of drug-likeness (QED) is 0.542. The molecule has 0 radical (unpaired) electrons. The van der Waals surface area contributed by atoms with Crippen LogP contribution in [0.4, 0.5) is 0 Å². The van der Waals surface area contributed by atoms with E-state index >= 15 is 0 Å². The minimum atomic E-state index is -0.376. The summed E-state index contributed by atoms with van der Waals surface area (Å²) in [6.45, 7) is 2.99. The number of epoxide rings is 1. The van der Waals surface area contributed by atoms with Crippen LogP contribution in [0.15, 0.2) is 24.3 Å². The Morgan fingerprint density at radius 2 is 1.68 bits per heavy atom. The lowest BCUT2D eigenvalue weighted by Crippen LogP contribution is -2.13. The number of benzene rings is 1. The molecular weight excluding hydrogens is 236 g/mol. The maximum atomic E-state index is 9.30.